The number of furan rings is 1. The second-order valence-electron chi connectivity index (χ2n) is 4.50. The number of halogens is 1. The van der Waals surface area contributed by atoms with Gasteiger partial charge in [0, 0.05) is 29.6 Å². The summed E-state index contributed by atoms with van der Waals surface area (Å²) in [5, 5.41) is 3.45. The first kappa shape index (κ1) is 13.0. The van der Waals surface area contributed by atoms with E-state index in [1.807, 2.05) is 54.2 Å². The maximum Gasteiger partial charge on any atom is 0.143 e. The molecule has 1 unspecified atom stereocenters. The van der Waals surface area contributed by atoms with Crippen LogP contribution in [0, 0.1) is 0 Å². The Hall–Kier alpha value is -2.01. The van der Waals surface area contributed by atoms with Gasteiger partial charge in [0.05, 0.1) is 6.26 Å². The zero-order chi connectivity index (χ0) is 13.9. The smallest absolute Gasteiger partial charge is 0.143 e. The minimum absolute atomic E-state index is 0.119. The molecule has 3 aromatic rings. The van der Waals surface area contributed by atoms with Crippen LogP contribution < -0.4 is 5.32 Å². The monoisotopic (exact) mass is 331 g/mol. The maximum atomic E-state index is 5.55. The molecule has 0 fully saturated rings. The van der Waals surface area contributed by atoms with E-state index >= 15 is 0 Å². The first-order chi connectivity index (χ1) is 9.74. The molecule has 5 heteroatoms. The number of benzene rings is 1. The van der Waals surface area contributed by atoms with Crippen LogP contribution in [-0.2, 0) is 7.05 Å². The van der Waals surface area contributed by atoms with Gasteiger partial charge in [-0.25, -0.2) is 4.98 Å². The largest absolute Gasteiger partial charge is 0.467 e. The summed E-state index contributed by atoms with van der Waals surface area (Å²) in [5.41, 5.74) is 1.01. The fraction of sp³-hybridized carbons (Fsp3) is 0.133. The summed E-state index contributed by atoms with van der Waals surface area (Å²) in [6, 6.07) is 11.7. The van der Waals surface area contributed by atoms with Gasteiger partial charge in [-0.1, -0.05) is 15.9 Å². The molecule has 4 nitrogen and oxygen atoms in total. The molecule has 0 amide bonds. The van der Waals surface area contributed by atoms with E-state index in [1.165, 1.54) is 0 Å². The molecule has 0 saturated heterocycles. The van der Waals surface area contributed by atoms with Gasteiger partial charge in [-0.15, -0.1) is 0 Å². The summed E-state index contributed by atoms with van der Waals surface area (Å²) >= 11 is 3.44. The molecule has 1 aromatic carbocycles. The fourth-order valence-electron chi connectivity index (χ4n) is 2.09. The third kappa shape index (κ3) is 2.63. The van der Waals surface area contributed by atoms with Crippen molar-refractivity contribution in [2.75, 3.05) is 5.32 Å². The third-order valence-corrected chi connectivity index (χ3v) is 3.63. The number of hydrogen-bond acceptors (Lipinski definition) is 3. The van der Waals surface area contributed by atoms with E-state index in [-0.39, 0.29) is 6.04 Å². The molecule has 0 aliphatic carbocycles. The lowest BCUT2D eigenvalue weighted by atomic mass is 10.2. The first-order valence-corrected chi connectivity index (χ1v) is 7.06. The van der Waals surface area contributed by atoms with Crippen molar-refractivity contribution in [3.63, 3.8) is 0 Å². The number of aryl methyl sites for hydroxylation is 1. The molecule has 0 aliphatic rings. The van der Waals surface area contributed by atoms with Gasteiger partial charge >= 0.3 is 0 Å². The van der Waals surface area contributed by atoms with Crippen molar-refractivity contribution in [2.45, 2.75) is 6.04 Å². The van der Waals surface area contributed by atoms with Crippen LogP contribution in [0.2, 0.25) is 0 Å². The van der Waals surface area contributed by atoms with Crippen molar-refractivity contribution in [1.29, 1.82) is 0 Å². The van der Waals surface area contributed by atoms with Gasteiger partial charge in [0.1, 0.15) is 17.6 Å². The molecule has 3 rings (SSSR count). The van der Waals surface area contributed by atoms with Crippen molar-refractivity contribution in [1.82, 2.24) is 9.55 Å². The Morgan fingerprint density at radius 1 is 1.25 bits per heavy atom. The Kier molecular flexibility index (Phi) is 3.60. The van der Waals surface area contributed by atoms with E-state index in [2.05, 4.69) is 26.2 Å². The average Bonchev–Trinajstić information content (AvgIpc) is 3.10. The number of rotatable bonds is 4. The number of nitrogens with zero attached hydrogens (tertiary/aromatic N) is 2. The summed E-state index contributed by atoms with van der Waals surface area (Å²) in [6.07, 6.45) is 5.39. The topological polar surface area (TPSA) is 43.0 Å². The SMILES string of the molecule is Cn1ccnc1C(Nc1ccc(Br)cc1)c1ccco1. The fourth-order valence-corrected chi connectivity index (χ4v) is 2.35. The van der Waals surface area contributed by atoms with Crippen LogP contribution in [0.1, 0.15) is 17.6 Å². The summed E-state index contributed by atoms with van der Waals surface area (Å²) in [4.78, 5) is 4.42. The highest BCUT2D eigenvalue weighted by molar-refractivity contribution is 9.10. The highest BCUT2D eigenvalue weighted by Crippen LogP contribution is 2.26. The van der Waals surface area contributed by atoms with E-state index in [4.69, 9.17) is 4.42 Å². The van der Waals surface area contributed by atoms with Crippen molar-refractivity contribution in [2.24, 2.45) is 7.05 Å². The molecule has 0 aliphatic heterocycles. The van der Waals surface area contributed by atoms with Crippen molar-refractivity contribution < 1.29 is 4.42 Å². The summed E-state index contributed by atoms with van der Waals surface area (Å²) in [5.74, 6) is 1.74. The van der Waals surface area contributed by atoms with E-state index in [0.717, 1.165) is 21.7 Å². The zero-order valence-electron chi connectivity index (χ0n) is 11.0. The minimum atomic E-state index is -0.119. The highest BCUT2D eigenvalue weighted by atomic mass is 79.9. The molecule has 0 spiro atoms. The Balaban J connectivity index is 1.94. The summed E-state index contributed by atoms with van der Waals surface area (Å²) in [6.45, 7) is 0. The molecular weight excluding hydrogens is 318 g/mol. The predicted molar refractivity (Wildman–Crippen MR) is 81.5 cm³/mol. The predicted octanol–water partition coefficient (Wildman–Crippen LogP) is 3.98. The van der Waals surface area contributed by atoms with Gasteiger partial charge in [0.15, 0.2) is 0 Å². The van der Waals surface area contributed by atoms with Gasteiger partial charge in [-0.2, -0.15) is 0 Å². The Morgan fingerprint density at radius 2 is 2.05 bits per heavy atom. The molecule has 20 heavy (non-hydrogen) atoms. The van der Waals surface area contributed by atoms with Gasteiger partial charge in [0.25, 0.3) is 0 Å². The molecule has 0 radical (unpaired) electrons. The lowest BCUT2D eigenvalue weighted by Crippen LogP contribution is -2.16. The number of anilines is 1. The van der Waals surface area contributed by atoms with Crippen LogP contribution in [-0.4, -0.2) is 9.55 Å². The number of hydrogen-bond donors (Lipinski definition) is 1. The average molecular weight is 332 g/mol. The molecule has 102 valence electrons. The third-order valence-electron chi connectivity index (χ3n) is 3.10. The molecule has 2 aromatic heterocycles. The van der Waals surface area contributed by atoms with Crippen LogP contribution in [0.25, 0.3) is 0 Å². The molecule has 0 bridgehead atoms. The second kappa shape index (κ2) is 5.54. The standard InChI is InChI=1S/C15H14BrN3O/c1-19-9-8-17-15(19)14(13-3-2-10-20-13)18-12-6-4-11(16)5-7-12/h2-10,14,18H,1H3. The molecular formula is C15H14BrN3O. The molecule has 1 N–H and O–H groups in total. The van der Waals surface area contributed by atoms with Gasteiger partial charge in [-0.05, 0) is 36.4 Å². The highest BCUT2D eigenvalue weighted by Gasteiger charge is 2.20. The Bertz CT molecular complexity index is 673. The first-order valence-electron chi connectivity index (χ1n) is 6.27. The Morgan fingerprint density at radius 3 is 2.65 bits per heavy atom. The van der Waals surface area contributed by atoms with Crippen LogP contribution in [0.5, 0.6) is 0 Å². The van der Waals surface area contributed by atoms with Crippen molar-refractivity contribution in [3.05, 3.63) is 71.1 Å². The van der Waals surface area contributed by atoms with Gasteiger partial charge < -0.3 is 14.3 Å². The zero-order valence-corrected chi connectivity index (χ0v) is 12.5. The quantitative estimate of drug-likeness (QED) is 0.786. The Labute approximate surface area is 125 Å². The van der Waals surface area contributed by atoms with Crippen molar-refractivity contribution >= 4 is 21.6 Å². The summed E-state index contributed by atoms with van der Waals surface area (Å²) < 4.78 is 8.58. The van der Waals surface area contributed by atoms with Crippen LogP contribution in [0.15, 0.2) is 63.9 Å². The normalized spacial score (nSPS) is 12.3. The van der Waals surface area contributed by atoms with Crippen molar-refractivity contribution in [3.8, 4) is 0 Å². The van der Waals surface area contributed by atoms with Crippen LogP contribution in [0.4, 0.5) is 5.69 Å². The molecule has 1 atom stereocenters. The van der Waals surface area contributed by atoms with E-state index < -0.39 is 0 Å². The lowest BCUT2D eigenvalue weighted by molar-refractivity contribution is 0.488. The maximum absolute atomic E-state index is 5.55. The number of aromatic nitrogens is 2. The van der Waals surface area contributed by atoms with E-state index in [9.17, 15) is 0 Å². The van der Waals surface area contributed by atoms with E-state index in [0.29, 0.717) is 0 Å². The molecule has 2 heterocycles. The lowest BCUT2D eigenvalue weighted by Gasteiger charge is -2.17. The summed E-state index contributed by atoms with van der Waals surface area (Å²) in [7, 11) is 1.97. The van der Waals surface area contributed by atoms with E-state index in [1.54, 1.807) is 12.5 Å². The van der Waals surface area contributed by atoms with Gasteiger partial charge in [0.2, 0.25) is 0 Å². The number of nitrogens with one attached hydrogen (secondary N) is 1. The second-order valence-corrected chi connectivity index (χ2v) is 5.41. The van der Waals surface area contributed by atoms with Gasteiger partial charge in [-0.3, -0.25) is 0 Å². The van der Waals surface area contributed by atoms with Crippen LogP contribution in [0.3, 0.4) is 0 Å². The van der Waals surface area contributed by atoms with Crippen LogP contribution >= 0.6 is 15.9 Å². The molecule has 0 saturated carbocycles. The minimum Gasteiger partial charge on any atom is -0.467 e. The number of imidazole rings is 1.